The maximum absolute atomic E-state index is 12.5. The van der Waals surface area contributed by atoms with Crippen molar-refractivity contribution in [2.24, 2.45) is 0 Å². The summed E-state index contributed by atoms with van der Waals surface area (Å²) in [7, 11) is -3.58. The molecule has 0 aromatic heterocycles. The number of nitrogens with zero attached hydrogens (tertiary/aromatic N) is 1. The summed E-state index contributed by atoms with van der Waals surface area (Å²) in [5, 5.41) is 2.84. The zero-order chi connectivity index (χ0) is 19.4. The van der Waals surface area contributed by atoms with E-state index in [1.807, 2.05) is 19.9 Å². The molecule has 0 saturated heterocycles. The minimum atomic E-state index is -3.58. The molecule has 1 amide bonds. The zero-order valence-corrected chi connectivity index (χ0v) is 17.8. The number of carbonyl (C=O) groups excluding carboxylic acids is 1. The predicted octanol–water partition coefficient (Wildman–Crippen LogP) is 3.11. The number of amides is 1. The summed E-state index contributed by atoms with van der Waals surface area (Å²) in [6.45, 7) is 12.4. The van der Waals surface area contributed by atoms with Gasteiger partial charge in [-0.05, 0) is 44.0 Å². The fourth-order valence-corrected chi connectivity index (χ4v) is 4.33. The van der Waals surface area contributed by atoms with E-state index in [9.17, 15) is 13.2 Å². The molecule has 25 heavy (non-hydrogen) atoms. The number of benzene rings is 1. The third-order valence-electron chi connectivity index (χ3n) is 3.77. The van der Waals surface area contributed by atoms with Gasteiger partial charge in [-0.2, -0.15) is 11.8 Å². The molecular weight excluding hydrogens is 356 g/mol. The van der Waals surface area contributed by atoms with Crippen molar-refractivity contribution in [3.63, 3.8) is 0 Å². The van der Waals surface area contributed by atoms with Crippen LogP contribution in [0.25, 0.3) is 0 Å². The molecule has 0 aliphatic carbocycles. The van der Waals surface area contributed by atoms with Gasteiger partial charge in [0.2, 0.25) is 15.9 Å². The average molecular weight is 387 g/mol. The van der Waals surface area contributed by atoms with Crippen molar-refractivity contribution in [2.75, 3.05) is 22.9 Å². The van der Waals surface area contributed by atoms with Crippen molar-refractivity contribution >= 4 is 33.4 Å². The summed E-state index contributed by atoms with van der Waals surface area (Å²) < 4.78 is 25.9. The molecule has 1 aromatic rings. The van der Waals surface area contributed by atoms with Gasteiger partial charge in [0.15, 0.2) is 0 Å². The van der Waals surface area contributed by atoms with Gasteiger partial charge in [0, 0.05) is 17.0 Å². The number of hydrogen-bond donors (Lipinski definition) is 1. The molecule has 1 aromatic carbocycles. The molecule has 142 valence electrons. The van der Waals surface area contributed by atoms with E-state index < -0.39 is 16.1 Å². The Morgan fingerprint density at radius 1 is 1.24 bits per heavy atom. The van der Waals surface area contributed by atoms with Gasteiger partial charge >= 0.3 is 0 Å². The van der Waals surface area contributed by atoms with Gasteiger partial charge in [0.1, 0.15) is 6.04 Å². The molecule has 5 nitrogen and oxygen atoms in total. The van der Waals surface area contributed by atoms with E-state index in [2.05, 4.69) is 26.1 Å². The third-order valence-corrected chi connectivity index (χ3v) is 6.29. The summed E-state index contributed by atoms with van der Waals surface area (Å²) >= 11 is 1.75. The molecule has 0 saturated carbocycles. The average Bonchev–Trinajstić information content (AvgIpc) is 2.44. The van der Waals surface area contributed by atoms with Crippen LogP contribution in [0.15, 0.2) is 18.2 Å². The Hall–Kier alpha value is -1.21. The number of sulfonamides is 1. The molecular formula is C18H30N2O3S2. The van der Waals surface area contributed by atoms with Crippen LogP contribution < -0.4 is 9.62 Å². The Bertz CT molecular complexity index is 710. The molecule has 0 unspecified atom stereocenters. The van der Waals surface area contributed by atoms with E-state index in [0.717, 1.165) is 23.1 Å². The highest BCUT2D eigenvalue weighted by Crippen LogP contribution is 2.24. The normalized spacial score (nSPS) is 13.4. The third kappa shape index (κ3) is 6.90. The predicted molar refractivity (Wildman–Crippen MR) is 108 cm³/mol. The standard InChI is InChI=1S/C18H30N2O3S2/c1-13-8-9-16(12-14(13)2)20(25(7,22)23)15(3)17(21)19-10-11-24-18(4,5)6/h8-9,12,15H,10-11H2,1-7H3,(H,19,21)/t15-/m1/s1. The van der Waals surface area contributed by atoms with Gasteiger partial charge in [-0.25, -0.2) is 8.42 Å². The molecule has 7 heteroatoms. The van der Waals surface area contributed by atoms with Crippen LogP contribution in [0.2, 0.25) is 0 Å². The lowest BCUT2D eigenvalue weighted by Crippen LogP contribution is -2.48. The second-order valence-electron chi connectivity index (χ2n) is 7.26. The van der Waals surface area contributed by atoms with Crippen LogP contribution in [0.4, 0.5) is 5.69 Å². The molecule has 0 radical (unpaired) electrons. The molecule has 0 aliphatic rings. The fourth-order valence-electron chi connectivity index (χ4n) is 2.35. The summed E-state index contributed by atoms with van der Waals surface area (Å²) in [5.41, 5.74) is 2.58. The van der Waals surface area contributed by atoms with Gasteiger partial charge in [-0.15, -0.1) is 0 Å². The highest BCUT2D eigenvalue weighted by Gasteiger charge is 2.29. The Morgan fingerprint density at radius 2 is 1.84 bits per heavy atom. The van der Waals surface area contributed by atoms with Gasteiger partial charge < -0.3 is 5.32 Å². The topological polar surface area (TPSA) is 66.5 Å². The number of anilines is 1. The molecule has 0 aliphatic heterocycles. The van der Waals surface area contributed by atoms with Crippen molar-refractivity contribution in [3.8, 4) is 0 Å². The highest BCUT2D eigenvalue weighted by molar-refractivity contribution is 8.00. The van der Waals surface area contributed by atoms with Gasteiger partial charge in [0.25, 0.3) is 0 Å². The number of rotatable bonds is 7. The van der Waals surface area contributed by atoms with Crippen molar-refractivity contribution in [1.82, 2.24) is 5.32 Å². The second kappa shape index (κ2) is 8.45. The van der Waals surface area contributed by atoms with Crippen LogP contribution in [0.1, 0.15) is 38.8 Å². The van der Waals surface area contributed by atoms with E-state index in [4.69, 9.17) is 0 Å². The number of nitrogens with one attached hydrogen (secondary N) is 1. The second-order valence-corrected chi connectivity index (χ2v) is 11.0. The maximum atomic E-state index is 12.5. The molecule has 1 N–H and O–H groups in total. The number of aryl methyl sites for hydroxylation is 2. The van der Waals surface area contributed by atoms with E-state index in [0.29, 0.717) is 12.2 Å². The first-order chi connectivity index (χ1) is 11.3. The smallest absolute Gasteiger partial charge is 0.243 e. The quantitative estimate of drug-likeness (QED) is 0.731. The fraction of sp³-hybridized carbons (Fsp3) is 0.611. The van der Waals surface area contributed by atoms with E-state index >= 15 is 0 Å². The Labute approximate surface area is 156 Å². The van der Waals surface area contributed by atoms with Crippen molar-refractivity contribution in [1.29, 1.82) is 0 Å². The Kier molecular flexibility index (Phi) is 7.38. The lowest BCUT2D eigenvalue weighted by atomic mass is 10.1. The minimum Gasteiger partial charge on any atom is -0.353 e. The summed E-state index contributed by atoms with van der Waals surface area (Å²) in [6.07, 6.45) is 1.13. The first-order valence-corrected chi connectivity index (χ1v) is 11.1. The van der Waals surface area contributed by atoms with E-state index in [-0.39, 0.29) is 10.7 Å². The van der Waals surface area contributed by atoms with Crippen LogP contribution >= 0.6 is 11.8 Å². The Morgan fingerprint density at radius 3 is 2.32 bits per heavy atom. The van der Waals surface area contributed by atoms with Crippen LogP contribution in [-0.2, 0) is 14.8 Å². The van der Waals surface area contributed by atoms with Gasteiger partial charge in [-0.1, -0.05) is 26.8 Å². The summed E-state index contributed by atoms with van der Waals surface area (Å²) in [5.74, 6) is 0.489. The largest absolute Gasteiger partial charge is 0.353 e. The lowest BCUT2D eigenvalue weighted by molar-refractivity contribution is -0.121. The number of hydrogen-bond acceptors (Lipinski definition) is 4. The van der Waals surface area contributed by atoms with Crippen LogP contribution in [0, 0.1) is 13.8 Å². The Balaban J connectivity index is 2.89. The number of carbonyl (C=O) groups is 1. The number of thioether (sulfide) groups is 1. The van der Waals surface area contributed by atoms with Gasteiger partial charge in [0.05, 0.1) is 11.9 Å². The first-order valence-electron chi connectivity index (χ1n) is 8.31. The van der Waals surface area contributed by atoms with Crippen LogP contribution in [0.5, 0.6) is 0 Å². The summed E-state index contributed by atoms with van der Waals surface area (Å²) in [4.78, 5) is 12.5. The van der Waals surface area contributed by atoms with Crippen LogP contribution in [-0.4, -0.2) is 43.7 Å². The lowest BCUT2D eigenvalue weighted by Gasteiger charge is -2.29. The first kappa shape index (κ1) is 21.8. The summed E-state index contributed by atoms with van der Waals surface area (Å²) in [6, 6.07) is 4.60. The van der Waals surface area contributed by atoms with Crippen molar-refractivity contribution in [3.05, 3.63) is 29.3 Å². The van der Waals surface area contributed by atoms with E-state index in [1.54, 1.807) is 30.8 Å². The SMILES string of the molecule is Cc1ccc(N([C@H](C)C(=O)NCCSC(C)(C)C)S(C)(=O)=O)cc1C. The molecule has 0 spiro atoms. The monoisotopic (exact) mass is 386 g/mol. The van der Waals surface area contributed by atoms with Crippen molar-refractivity contribution in [2.45, 2.75) is 52.3 Å². The molecule has 1 rings (SSSR count). The molecule has 1 atom stereocenters. The zero-order valence-electron chi connectivity index (χ0n) is 16.2. The highest BCUT2D eigenvalue weighted by atomic mass is 32.2. The van der Waals surface area contributed by atoms with Crippen LogP contribution in [0.3, 0.4) is 0 Å². The van der Waals surface area contributed by atoms with Gasteiger partial charge in [-0.3, -0.25) is 9.10 Å². The maximum Gasteiger partial charge on any atom is 0.243 e. The molecule has 0 bridgehead atoms. The van der Waals surface area contributed by atoms with Crippen molar-refractivity contribution < 1.29 is 13.2 Å². The minimum absolute atomic E-state index is 0.133. The molecule has 0 fully saturated rings. The molecule has 0 heterocycles. The van der Waals surface area contributed by atoms with E-state index in [1.165, 1.54) is 4.31 Å².